The molecule has 4 rings (SSSR count). The first kappa shape index (κ1) is 21.6. The number of carbonyl (C=O) groups excluding carboxylic acids is 1. The van der Waals surface area contributed by atoms with Crippen LogP contribution in [0, 0.1) is 6.92 Å². The van der Waals surface area contributed by atoms with Gasteiger partial charge in [-0.2, -0.15) is 5.10 Å². The zero-order chi connectivity index (χ0) is 22.5. The average Bonchev–Trinajstić information content (AvgIpc) is 3.24. The minimum absolute atomic E-state index is 0.204. The Kier molecular flexibility index (Phi) is 6.56. The molecule has 0 aliphatic carbocycles. The predicted octanol–water partition coefficient (Wildman–Crippen LogP) is 5.86. The molecule has 162 valence electrons. The van der Waals surface area contributed by atoms with Crippen molar-refractivity contribution in [2.75, 3.05) is 7.11 Å². The van der Waals surface area contributed by atoms with Crippen molar-refractivity contribution in [1.29, 1.82) is 0 Å². The highest BCUT2D eigenvalue weighted by Crippen LogP contribution is 2.37. The molecule has 32 heavy (non-hydrogen) atoms. The fourth-order valence-corrected chi connectivity index (χ4v) is 3.87. The minimum atomic E-state index is -0.421. The fourth-order valence-electron chi connectivity index (χ4n) is 3.30. The number of carbonyl (C=O) groups is 1. The topological polar surface area (TPSA) is 73.1 Å². The molecule has 0 spiro atoms. The average molecular weight is 493 g/mol. The van der Waals surface area contributed by atoms with Gasteiger partial charge in [-0.25, -0.2) is 5.43 Å². The van der Waals surface area contributed by atoms with Gasteiger partial charge >= 0.3 is 5.91 Å². The Labute approximate surface area is 194 Å². The highest BCUT2D eigenvalue weighted by Gasteiger charge is 2.13. The summed E-state index contributed by atoms with van der Waals surface area (Å²) in [6.45, 7) is 2.16. The Bertz CT molecular complexity index is 1290. The number of halogens is 1. The Hall–Kier alpha value is -3.58. The number of hydrogen-bond acceptors (Lipinski definition) is 5. The second-order valence-corrected chi connectivity index (χ2v) is 7.92. The van der Waals surface area contributed by atoms with E-state index in [4.69, 9.17) is 13.9 Å². The molecule has 4 aromatic rings. The summed E-state index contributed by atoms with van der Waals surface area (Å²) >= 11 is 3.55. The molecule has 7 heteroatoms. The summed E-state index contributed by atoms with van der Waals surface area (Å²) < 4.78 is 17.6. The maximum atomic E-state index is 12.0. The number of amides is 1. The van der Waals surface area contributed by atoms with Crippen LogP contribution in [0.3, 0.4) is 0 Å². The number of rotatable bonds is 7. The molecule has 1 aromatic heterocycles. The van der Waals surface area contributed by atoms with Crippen LogP contribution in [0.1, 0.15) is 27.4 Å². The lowest BCUT2D eigenvalue weighted by atomic mass is 10.1. The van der Waals surface area contributed by atoms with E-state index in [9.17, 15) is 4.79 Å². The van der Waals surface area contributed by atoms with E-state index >= 15 is 0 Å². The quantitative estimate of drug-likeness (QED) is 0.259. The molecule has 3 aromatic carbocycles. The molecule has 0 saturated heterocycles. The van der Waals surface area contributed by atoms with Gasteiger partial charge in [-0.1, -0.05) is 42.5 Å². The monoisotopic (exact) mass is 492 g/mol. The molecule has 0 saturated carbocycles. The predicted molar refractivity (Wildman–Crippen MR) is 127 cm³/mol. The number of hydrazone groups is 1. The van der Waals surface area contributed by atoms with Crippen LogP contribution in [-0.2, 0) is 6.61 Å². The number of methoxy groups -OCH3 is 1. The van der Waals surface area contributed by atoms with Gasteiger partial charge in [0.2, 0.25) is 0 Å². The molecule has 1 N–H and O–H groups in total. The zero-order valence-electron chi connectivity index (χ0n) is 17.6. The van der Waals surface area contributed by atoms with Crippen LogP contribution in [-0.4, -0.2) is 19.2 Å². The zero-order valence-corrected chi connectivity index (χ0v) is 19.2. The molecule has 1 amide bonds. The molecule has 1 heterocycles. The van der Waals surface area contributed by atoms with Crippen LogP contribution in [0.2, 0.25) is 0 Å². The summed E-state index contributed by atoms with van der Waals surface area (Å²) in [5.74, 6) is 1.58. The maximum absolute atomic E-state index is 12.0. The first-order chi connectivity index (χ1) is 15.5. The second-order valence-electron chi connectivity index (χ2n) is 7.07. The number of aryl methyl sites for hydroxylation is 1. The van der Waals surface area contributed by atoms with Crippen LogP contribution in [0.4, 0.5) is 0 Å². The Morgan fingerprint density at radius 3 is 2.72 bits per heavy atom. The van der Waals surface area contributed by atoms with Crippen molar-refractivity contribution >= 4 is 38.8 Å². The summed E-state index contributed by atoms with van der Waals surface area (Å²) in [5.41, 5.74) is 4.25. The molecule has 0 unspecified atom stereocenters. The van der Waals surface area contributed by atoms with Gasteiger partial charge in [-0.15, -0.1) is 0 Å². The number of furan rings is 1. The SMILES string of the molecule is COc1cc(/C=N\NC(=O)c2ccc(C)o2)cc(Br)c1OCc1cccc2ccccc12. The molecule has 6 nitrogen and oxygen atoms in total. The van der Waals surface area contributed by atoms with Crippen molar-refractivity contribution in [2.24, 2.45) is 5.10 Å². The second kappa shape index (κ2) is 9.70. The van der Waals surface area contributed by atoms with Gasteiger partial charge in [0.1, 0.15) is 12.4 Å². The highest BCUT2D eigenvalue weighted by atomic mass is 79.9. The maximum Gasteiger partial charge on any atom is 0.307 e. The number of hydrogen-bond donors (Lipinski definition) is 1. The van der Waals surface area contributed by atoms with Crippen LogP contribution in [0.15, 0.2) is 80.7 Å². The number of nitrogens with one attached hydrogen (secondary N) is 1. The van der Waals surface area contributed by atoms with Crippen LogP contribution in [0.5, 0.6) is 11.5 Å². The van der Waals surface area contributed by atoms with Crippen molar-refractivity contribution < 1.29 is 18.7 Å². The van der Waals surface area contributed by atoms with Gasteiger partial charge in [-0.3, -0.25) is 4.79 Å². The lowest BCUT2D eigenvalue weighted by Gasteiger charge is -2.14. The molecular formula is C25H21BrN2O4. The molecule has 0 fully saturated rings. The third kappa shape index (κ3) is 4.84. The van der Waals surface area contributed by atoms with Crippen molar-refractivity contribution in [3.63, 3.8) is 0 Å². The van der Waals surface area contributed by atoms with E-state index in [1.807, 2.05) is 30.3 Å². The van der Waals surface area contributed by atoms with E-state index in [1.165, 1.54) is 6.21 Å². The molecule has 0 radical (unpaired) electrons. The van der Waals surface area contributed by atoms with Gasteiger partial charge in [0, 0.05) is 0 Å². The highest BCUT2D eigenvalue weighted by molar-refractivity contribution is 9.10. The fraction of sp³-hybridized carbons (Fsp3) is 0.120. The van der Waals surface area contributed by atoms with Crippen molar-refractivity contribution in [3.8, 4) is 11.5 Å². The third-order valence-corrected chi connectivity index (χ3v) is 5.44. The van der Waals surface area contributed by atoms with Crippen LogP contribution >= 0.6 is 15.9 Å². The van der Waals surface area contributed by atoms with Crippen molar-refractivity contribution in [2.45, 2.75) is 13.5 Å². The summed E-state index contributed by atoms with van der Waals surface area (Å²) in [6, 6.07) is 21.3. The van der Waals surface area contributed by atoms with Gasteiger partial charge in [-0.05, 0) is 69.0 Å². The Morgan fingerprint density at radius 2 is 1.94 bits per heavy atom. The first-order valence-electron chi connectivity index (χ1n) is 9.92. The Morgan fingerprint density at radius 1 is 1.12 bits per heavy atom. The van der Waals surface area contributed by atoms with E-state index in [-0.39, 0.29) is 5.76 Å². The van der Waals surface area contributed by atoms with Crippen molar-refractivity contribution in [1.82, 2.24) is 5.43 Å². The van der Waals surface area contributed by atoms with Crippen LogP contribution < -0.4 is 14.9 Å². The van der Waals surface area contributed by atoms with Gasteiger partial charge < -0.3 is 13.9 Å². The van der Waals surface area contributed by atoms with Crippen molar-refractivity contribution in [3.05, 3.63) is 93.9 Å². The van der Waals surface area contributed by atoms with Gasteiger partial charge in [0.05, 0.1) is 17.8 Å². The summed E-state index contributed by atoms with van der Waals surface area (Å²) in [4.78, 5) is 12.0. The first-order valence-corrected chi connectivity index (χ1v) is 10.7. The molecule has 0 aliphatic heterocycles. The normalized spacial score (nSPS) is 11.1. The van der Waals surface area contributed by atoms with E-state index in [2.05, 4.69) is 44.7 Å². The van der Waals surface area contributed by atoms with E-state index in [0.29, 0.717) is 28.3 Å². The molecule has 0 bridgehead atoms. The minimum Gasteiger partial charge on any atom is -0.493 e. The Balaban J connectivity index is 1.48. The standard InChI is InChI=1S/C25H21BrN2O4/c1-16-10-11-22(32-16)25(29)28-27-14-17-12-21(26)24(23(13-17)30-2)31-15-19-8-5-7-18-6-3-4-9-20(18)19/h3-14H,15H2,1-2H3,(H,28,29)/b27-14-. The molecule has 0 aliphatic rings. The van der Waals surface area contributed by atoms with Gasteiger partial charge in [0.25, 0.3) is 0 Å². The lowest BCUT2D eigenvalue weighted by Crippen LogP contribution is -2.16. The number of fused-ring (bicyclic) bond motifs is 1. The van der Waals surface area contributed by atoms with E-state index in [0.717, 1.165) is 21.9 Å². The van der Waals surface area contributed by atoms with E-state index < -0.39 is 5.91 Å². The largest absolute Gasteiger partial charge is 0.493 e. The summed E-state index contributed by atoms with van der Waals surface area (Å²) in [6.07, 6.45) is 1.52. The lowest BCUT2D eigenvalue weighted by molar-refractivity contribution is 0.0926. The van der Waals surface area contributed by atoms with Crippen LogP contribution in [0.25, 0.3) is 10.8 Å². The molecular weight excluding hydrogens is 472 g/mol. The smallest absolute Gasteiger partial charge is 0.307 e. The molecule has 0 atom stereocenters. The summed E-state index contributed by atoms with van der Waals surface area (Å²) in [7, 11) is 1.58. The van der Waals surface area contributed by atoms with Gasteiger partial charge in [0.15, 0.2) is 17.3 Å². The van der Waals surface area contributed by atoms with E-state index in [1.54, 1.807) is 32.2 Å². The summed E-state index contributed by atoms with van der Waals surface area (Å²) in [5, 5.41) is 6.31. The number of benzene rings is 3. The number of ether oxygens (including phenoxy) is 2. The number of nitrogens with zero attached hydrogens (tertiary/aromatic N) is 1. The third-order valence-electron chi connectivity index (χ3n) is 4.85.